The molecule has 72 heavy (non-hydrogen) atoms. The van der Waals surface area contributed by atoms with E-state index in [9.17, 15) is 48.6 Å². The summed E-state index contributed by atoms with van der Waals surface area (Å²) >= 11 is 28.5. The summed E-state index contributed by atoms with van der Waals surface area (Å²) in [5.41, 5.74) is 1.74. The van der Waals surface area contributed by atoms with Gasteiger partial charge >= 0.3 is 24.1 Å². The summed E-state index contributed by atoms with van der Waals surface area (Å²) in [4.78, 5) is 108. The molecule has 20 heteroatoms. The minimum absolute atomic E-state index is 0.0302. The molecule has 2 aliphatic heterocycles. The highest BCUT2D eigenvalue weighted by atomic mass is 35.5. The van der Waals surface area contributed by atoms with Crippen molar-refractivity contribution >= 4 is 137 Å². The number of hydrogen-bond donors (Lipinski definition) is 4. The number of unbranched alkanes of at least 4 members (excludes halogenated alkanes) is 2. The molecule has 0 aromatic heterocycles. The number of fused-ring (bicyclic) bond motifs is 2. The first-order chi connectivity index (χ1) is 34.5. The maximum atomic E-state index is 14.3. The third-order valence-corrected chi connectivity index (χ3v) is 14.1. The minimum Gasteiger partial charge on any atom is -0.480 e. The first kappa shape index (κ1) is 49.7. The molecule has 0 aliphatic carbocycles. The zero-order valence-electron chi connectivity index (χ0n) is 37.7. The molecule has 368 valence electrons. The highest BCUT2D eigenvalue weighted by Gasteiger charge is 2.40. The zero-order valence-corrected chi connectivity index (χ0v) is 40.7. The van der Waals surface area contributed by atoms with Crippen molar-refractivity contribution in [3.8, 4) is 0 Å². The van der Waals surface area contributed by atoms with Crippen molar-refractivity contribution in [3.05, 3.63) is 138 Å². The number of imide groups is 2. The molecule has 2 aliphatic rings. The van der Waals surface area contributed by atoms with Crippen LogP contribution in [0.5, 0.6) is 0 Å². The van der Waals surface area contributed by atoms with Crippen molar-refractivity contribution in [2.24, 2.45) is 0 Å². The molecule has 4 N–H and O–H groups in total. The Morgan fingerprint density at radius 3 is 1.06 bits per heavy atom. The van der Waals surface area contributed by atoms with Gasteiger partial charge in [-0.05, 0) is 73.9 Å². The van der Waals surface area contributed by atoms with E-state index in [0.29, 0.717) is 32.3 Å². The van der Waals surface area contributed by atoms with Crippen LogP contribution in [0.4, 0.5) is 9.59 Å². The number of carbonyl (C=O) groups is 8. The maximum Gasteiger partial charge on any atom is 0.408 e. The number of carboxylic acids is 2. The number of carbonyl (C=O) groups excluding carboxylic acids is 6. The van der Waals surface area contributed by atoms with Gasteiger partial charge in [0.1, 0.15) is 25.3 Å². The Balaban J connectivity index is 0.947. The van der Waals surface area contributed by atoms with Crippen molar-refractivity contribution < 1.29 is 58.0 Å². The monoisotopic (exact) mass is 1050 g/mol. The Morgan fingerprint density at radius 2 is 0.764 bits per heavy atom. The Labute approximate surface area is 428 Å². The fraction of sp³-hybridized carbons (Fsp3) is 0.231. The third kappa shape index (κ3) is 9.26. The topological polar surface area (TPSA) is 226 Å². The van der Waals surface area contributed by atoms with E-state index in [1.54, 1.807) is 60.7 Å². The Morgan fingerprint density at radius 1 is 0.458 bits per heavy atom. The first-order valence-corrected chi connectivity index (χ1v) is 24.2. The molecule has 16 nitrogen and oxygen atoms in total. The van der Waals surface area contributed by atoms with Gasteiger partial charge in [0.2, 0.25) is 0 Å². The predicted octanol–water partition coefficient (Wildman–Crippen LogP) is 10.6. The van der Waals surface area contributed by atoms with Gasteiger partial charge in [-0.3, -0.25) is 29.0 Å². The van der Waals surface area contributed by atoms with Gasteiger partial charge in [-0.2, -0.15) is 0 Å². The van der Waals surface area contributed by atoms with Gasteiger partial charge in [0.25, 0.3) is 23.6 Å². The summed E-state index contributed by atoms with van der Waals surface area (Å²) in [7, 11) is 0. The zero-order chi connectivity index (χ0) is 51.1. The summed E-state index contributed by atoms with van der Waals surface area (Å²) in [6.45, 7) is -0.343. The molecular weight excluding hydrogens is 1010 g/mol. The number of ether oxygens (including phenoxy) is 2. The van der Waals surface area contributed by atoms with E-state index >= 15 is 0 Å². The number of nitrogens with zero attached hydrogens (tertiary/aromatic N) is 2. The van der Waals surface area contributed by atoms with E-state index in [2.05, 4.69) is 10.6 Å². The molecule has 0 bridgehead atoms. The standard InChI is InChI=1S/C52H40Cl4N4O12/c53-31-19-27-37-28(46(62)59(45(27)61)17-9-7-15-35(49(65)66)57-51(69)71-23-25-11-3-1-4-12-25)20-32(54)40-42-34(56)22-30-38-29(21-33(55)41(44(38)42)39(31)43(37)40)47(63)60(48(30)64)18-10-8-16-36(50(67)68)58-52(70)72-24-26-13-5-2-6-14-26/h1-6,11-14,19-22,35-36H,7-10,15-18,23-24H2,(H,57,69)(H,58,70)(H,65,66)(H,67,68)/t35-,36-/m0/s1. The van der Waals surface area contributed by atoms with E-state index in [0.717, 1.165) is 20.9 Å². The number of halogens is 4. The molecule has 0 unspecified atom stereocenters. The van der Waals surface area contributed by atoms with Gasteiger partial charge in [0, 0.05) is 76.3 Å². The van der Waals surface area contributed by atoms with Crippen LogP contribution in [0.15, 0.2) is 84.9 Å². The van der Waals surface area contributed by atoms with Crippen LogP contribution in [0.1, 0.15) is 91.1 Å². The highest BCUT2D eigenvalue weighted by molar-refractivity contribution is 6.56. The van der Waals surface area contributed by atoms with Gasteiger partial charge in [-0.1, -0.05) is 107 Å². The van der Waals surface area contributed by atoms with Gasteiger partial charge in [0.05, 0.1) is 22.3 Å². The average molecular weight is 1050 g/mol. The maximum absolute atomic E-state index is 14.3. The second-order valence-electron chi connectivity index (χ2n) is 17.3. The molecule has 0 radical (unpaired) electrons. The third-order valence-electron chi connectivity index (χ3n) is 12.9. The van der Waals surface area contributed by atoms with Crippen LogP contribution in [0, 0.1) is 0 Å². The lowest BCUT2D eigenvalue weighted by molar-refractivity contribution is -0.140. The molecule has 2 atom stereocenters. The molecule has 9 rings (SSSR count). The van der Waals surface area contributed by atoms with Crippen LogP contribution in [0.3, 0.4) is 0 Å². The fourth-order valence-electron chi connectivity index (χ4n) is 9.53. The van der Waals surface area contributed by atoms with E-state index < -0.39 is 59.8 Å². The van der Waals surface area contributed by atoms with Crippen molar-refractivity contribution in [2.75, 3.05) is 13.1 Å². The average Bonchev–Trinajstić information content (AvgIpc) is 3.36. The van der Waals surface area contributed by atoms with Crippen LogP contribution < -0.4 is 10.6 Å². The Kier molecular flexibility index (Phi) is 14.1. The minimum atomic E-state index is -1.30. The van der Waals surface area contributed by atoms with Crippen LogP contribution in [-0.4, -0.2) is 92.9 Å². The lowest BCUT2D eigenvalue weighted by Crippen LogP contribution is -2.42. The number of alkyl carbamates (subject to hydrolysis) is 2. The molecule has 0 spiro atoms. The van der Waals surface area contributed by atoms with Crippen LogP contribution in [0.2, 0.25) is 20.1 Å². The number of nitrogens with one attached hydrogen (secondary N) is 2. The lowest BCUT2D eigenvalue weighted by atomic mass is 9.82. The lowest BCUT2D eigenvalue weighted by Gasteiger charge is -2.31. The summed E-state index contributed by atoms with van der Waals surface area (Å²) in [6.07, 6.45) is -1.15. The number of benzene rings is 7. The van der Waals surface area contributed by atoms with Crippen molar-refractivity contribution in [2.45, 2.75) is 63.8 Å². The van der Waals surface area contributed by atoms with Gasteiger partial charge < -0.3 is 30.3 Å². The van der Waals surface area contributed by atoms with E-state index in [4.69, 9.17) is 55.9 Å². The number of carboxylic acid groups (broad SMARTS) is 2. The summed E-state index contributed by atoms with van der Waals surface area (Å²) < 4.78 is 10.3. The second-order valence-corrected chi connectivity index (χ2v) is 19.0. The van der Waals surface area contributed by atoms with Crippen molar-refractivity contribution in [1.82, 2.24) is 20.4 Å². The molecule has 7 aromatic carbocycles. The van der Waals surface area contributed by atoms with E-state index in [1.165, 1.54) is 24.3 Å². The Hall–Kier alpha value is -7.24. The molecule has 0 saturated carbocycles. The smallest absolute Gasteiger partial charge is 0.408 e. The SMILES string of the molecule is O=C(N[C@@H](CCCCN1C(=O)c2cc(Cl)c3c4c(Cl)cc5c6c(cc(Cl)c(c7c(Cl)cc(c2c37)C1=O)c64)C(=O)N(CCCC[C@H](NC(=O)OCc1ccccc1)C(=O)O)C5=O)C(=O)O)OCc1ccccc1. The number of hydrogen-bond acceptors (Lipinski definition) is 10. The second kappa shape index (κ2) is 20.5. The number of aliphatic carboxylic acids is 2. The van der Waals surface area contributed by atoms with Gasteiger partial charge in [-0.15, -0.1) is 0 Å². The van der Waals surface area contributed by atoms with Gasteiger partial charge in [0.15, 0.2) is 0 Å². The summed E-state index contributed by atoms with van der Waals surface area (Å²) in [5.74, 6) is -5.27. The molecule has 7 aromatic rings. The highest BCUT2D eigenvalue weighted by Crippen LogP contribution is 2.53. The number of amides is 6. The largest absolute Gasteiger partial charge is 0.480 e. The first-order valence-electron chi connectivity index (χ1n) is 22.7. The summed E-state index contributed by atoms with van der Waals surface area (Å²) in [5, 5.41) is 26.7. The predicted molar refractivity (Wildman–Crippen MR) is 269 cm³/mol. The van der Waals surface area contributed by atoms with Crippen molar-refractivity contribution in [3.63, 3.8) is 0 Å². The molecule has 0 fully saturated rings. The number of rotatable bonds is 18. The van der Waals surface area contributed by atoms with Crippen molar-refractivity contribution in [1.29, 1.82) is 0 Å². The Bertz CT molecular complexity index is 3070. The van der Waals surface area contributed by atoms with Crippen LogP contribution in [-0.2, 0) is 32.3 Å². The quantitative estimate of drug-likeness (QED) is 0.0273. The van der Waals surface area contributed by atoms with E-state index in [1.807, 2.05) is 0 Å². The normalized spacial score (nSPS) is 14.1. The van der Waals surface area contributed by atoms with Crippen LogP contribution >= 0.6 is 46.4 Å². The molecule has 2 heterocycles. The van der Waals surface area contributed by atoms with Crippen LogP contribution in [0.25, 0.3) is 43.1 Å². The summed E-state index contributed by atoms with van der Waals surface area (Å²) in [6, 6.07) is 20.8. The molecular formula is C52H40Cl4N4O12. The van der Waals surface area contributed by atoms with Gasteiger partial charge in [-0.25, -0.2) is 19.2 Å². The fourth-order valence-corrected chi connectivity index (χ4v) is 10.7. The molecule has 0 saturated heterocycles. The van der Waals surface area contributed by atoms with E-state index in [-0.39, 0.29) is 118 Å². The molecule has 6 amide bonds.